The van der Waals surface area contributed by atoms with Crippen LogP contribution in [-0.2, 0) is 0 Å². The second-order valence-electron chi connectivity index (χ2n) is 3.75. The lowest BCUT2D eigenvalue weighted by molar-refractivity contribution is 1.03. The Labute approximate surface area is 109 Å². The Bertz CT molecular complexity index is 553. The van der Waals surface area contributed by atoms with Gasteiger partial charge in [-0.2, -0.15) is 5.26 Å². The van der Waals surface area contributed by atoms with Gasteiger partial charge < -0.3 is 0 Å². The Morgan fingerprint density at radius 2 is 2.00 bits per heavy atom. The first-order valence-electron chi connectivity index (χ1n) is 5.32. The van der Waals surface area contributed by atoms with Gasteiger partial charge in [0.1, 0.15) is 0 Å². The number of rotatable bonds is 2. The molecule has 0 fully saturated rings. The molecule has 0 amide bonds. The number of pyridine rings is 1. The number of hydrogen-bond donors (Lipinski definition) is 0. The molecule has 1 unspecified atom stereocenters. The van der Waals surface area contributed by atoms with Gasteiger partial charge in [-0.25, -0.2) is 0 Å². The average molecular weight is 287 g/mol. The molecule has 0 saturated heterocycles. The van der Waals surface area contributed by atoms with Crippen LogP contribution in [0.4, 0.5) is 0 Å². The van der Waals surface area contributed by atoms with E-state index in [1.807, 2.05) is 49.5 Å². The highest BCUT2D eigenvalue weighted by atomic mass is 79.9. The second-order valence-corrected chi connectivity index (χ2v) is 5.12. The smallest absolute Gasteiger partial charge is 0.0998 e. The van der Waals surface area contributed by atoms with Gasteiger partial charge in [-0.3, -0.25) is 4.98 Å². The van der Waals surface area contributed by atoms with E-state index < -0.39 is 0 Å². The largest absolute Gasteiger partial charge is 0.259 e. The van der Waals surface area contributed by atoms with Crippen molar-refractivity contribution in [3.8, 4) is 17.2 Å². The zero-order valence-electron chi connectivity index (χ0n) is 9.39. The van der Waals surface area contributed by atoms with Gasteiger partial charge in [0, 0.05) is 17.3 Å². The Balaban J connectivity index is 2.44. The Morgan fingerprint density at radius 1 is 1.24 bits per heavy atom. The summed E-state index contributed by atoms with van der Waals surface area (Å²) in [6.45, 7) is 2.03. The summed E-state index contributed by atoms with van der Waals surface area (Å²) in [5.74, 6) is 0. The van der Waals surface area contributed by atoms with Crippen molar-refractivity contribution in [1.29, 1.82) is 5.26 Å². The van der Waals surface area contributed by atoms with Crippen molar-refractivity contribution in [1.82, 2.24) is 4.98 Å². The van der Waals surface area contributed by atoms with E-state index >= 15 is 0 Å². The van der Waals surface area contributed by atoms with E-state index in [1.165, 1.54) is 0 Å². The maximum atomic E-state index is 9.04. The van der Waals surface area contributed by atoms with Crippen molar-refractivity contribution in [3.63, 3.8) is 0 Å². The number of aromatic nitrogens is 1. The van der Waals surface area contributed by atoms with Crippen LogP contribution in [0.25, 0.3) is 11.1 Å². The molecule has 1 atom stereocenters. The normalized spacial score (nSPS) is 11.8. The summed E-state index contributed by atoms with van der Waals surface area (Å²) < 4.78 is 0. The van der Waals surface area contributed by atoms with Crippen LogP contribution in [0.3, 0.4) is 0 Å². The maximum absolute atomic E-state index is 9.04. The molecule has 1 aromatic heterocycles. The van der Waals surface area contributed by atoms with Gasteiger partial charge in [-0.15, -0.1) is 0 Å². The van der Waals surface area contributed by atoms with Crippen LogP contribution in [0.15, 0.2) is 42.6 Å². The molecular formula is C14H11BrN2. The van der Waals surface area contributed by atoms with Crippen molar-refractivity contribution >= 4 is 15.9 Å². The molecule has 0 aliphatic rings. The number of alkyl halides is 1. The van der Waals surface area contributed by atoms with Crippen LogP contribution in [0.2, 0.25) is 0 Å². The third-order valence-electron chi connectivity index (χ3n) is 2.55. The average Bonchev–Trinajstić information content (AvgIpc) is 2.39. The molecule has 0 aliphatic carbocycles. The van der Waals surface area contributed by atoms with Gasteiger partial charge in [0.2, 0.25) is 0 Å². The molecule has 0 N–H and O–H groups in total. The number of nitriles is 1. The standard InChI is InChI=1S/C14H11BrN2/c1-10(15)14-7-6-12(9-17-14)13-5-3-2-4-11(13)8-16/h2-7,9-10H,1H3. The van der Waals surface area contributed by atoms with Crippen molar-refractivity contribution < 1.29 is 0 Å². The minimum absolute atomic E-state index is 0.239. The van der Waals surface area contributed by atoms with Crippen LogP contribution < -0.4 is 0 Å². The predicted octanol–water partition coefficient (Wildman–Crippen LogP) is 4.08. The Hall–Kier alpha value is -1.66. The highest BCUT2D eigenvalue weighted by Crippen LogP contribution is 2.25. The third-order valence-corrected chi connectivity index (χ3v) is 3.02. The summed E-state index contributed by atoms with van der Waals surface area (Å²) in [6, 6.07) is 13.7. The van der Waals surface area contributed by atoms with Gasteiger partial charge in [0.25, 0.3) is 0 Å². The molecule has 2 nitrogen and oxygen atoms in total. The SMILES string of the molecule is CC(Br)c1ccc(-c2ccccc2C#N)cn1. The van der Waals surface area contributed by atoms with Crippen molar-refractivity contribution in [2.45, 2.75) is 11.8 Å². The quantitative estimate of drug-likeness (QED) is 0.780. The Morgan fingerprint density at radius 3 is 2.59 bits per heavy atom. The lowest BCUT2D eigenvalue weighted by Gasteiger charge is -2.06. The highest BCUT2D eigenvalue weighted by molar-refractivity contribution is 9.09. The summed E-state index contributed by atoms with van der Waals surface area (Å²) in [5.41, 5.74) is 3.56. The first-order chi connectivity index (χ1) is 8.22. The summed E-state index contributed by atoms with van der Waals surface area (Å²) in [7, 11) is 0. The van der Waals surface area contributed by atoms with Crippen LogP contribution in [-0.4, -0.2) is 4.98 Å². The van der Waals surface area contributed by atoms with E-state index in [4.69, 9.17) is 5.26 Å². The lowest BCUT2D eigenvalue weighted by atomic mass is 10.0. The first kappa shape index (κ1) is 11.8. The molecular weight excluding hydrogens is 276 g/mol. The third kappa shape index (κ3) is 2.54. The molecule has 1 heterocycles. The van der Waals surface area contributed by atoms with E-state index in [0.717, 1.165) is 16.8 Å². The summed E-state index contributed by atoms with van der Waals surface area (Å²) >= 11 is 3.48. The molecule has 17 heavy (non-hydrogen) atoms. The molecule has 0 radical (unpaired) electrons. The van der Waals surface area contributed by atoms with E-state index in [-0.39, 0.29) is 4.83 Å². The van der Waals surface area contributed by atoms with Gasteiger partial charge in [-0.05, 0) is 19.1 Å². The molecule has 0 spiro atoms. The van der Waals surface area contributed by atoms with Gasteiger partial charge >= 0.3 is 0 Å². The maximum Gasteiger partial charge on any atom is 0.0998 e. The van der Waals surface area contributed by atoms with Gasteiger partial charge in [0.05, 0.1) is 22.2 Å². The fourth-order valence-electron chi connectivity index (χ4n) is 1.63. The number of hydrogen-bond acceptors (Lipinski definition) is 2. The fraction of sp³-hybridized carbons (Fsp3) is 0.143. The van der Waals surface area contributed by atoms with Crippen molar-refractivity contribution in [2.75, 3.05) is 0 Å². The van der Waals surface area contributed by atoms with E-state index in [1.54, 1.807) is 0 Å². The minimum atomic E-state index is 0.239. The molecule has 0 bridgehead atoms. The molecule has 1 aromatic carbocycles. The van der Waals surface area contributed by atoms with Crippen molar-refractivity contribution in [2.24, 2.45) is 0 Å². The van der Waals surface area contributed by atoms with E-state index in [9.17, 15) is 0 Å². The topological polar surface area (TPSA) is 36.7 Å². The van der Waals surface area contributed by atoms with Crippen molar-refractivity contribution in [3.05, 3.63) is 53.9 Å². The molecule has 84 valence electrons. The van der Waals surface area contributed by atoms with Gasteiger partial charge in [0.15, 0.2) is 0 Å². The zero-order valence-corrected chi connectivity index (χ0v) is 11.0. The lowest BCUT2D eigenvalue weighted by Crippen LogP contribution is -1.90. The monoisotopic (exact) mass is 286 g/mol. The van der Waals surface area contributed by atoms with Crippen LogP contribution in [0, 0.1) is 11.3 Å². The summed E-state index contributed by atoms with van der Waals surface area (Å²) in [5, 5.41) is 9.04. The first-order valence-corrected chi connectivity index (χ1v) is 6.23. The summed E-state index contributed by atoms with van der Waals surface area (Å²) in [4.78, 5) is 4.61. The fourth-order valence-corrected chi connectivity index (χ4v) is 1.90. The molecule has 2 aromatic rings. The molecule has 0 aliphatic heterocycles. The summed E-state index contributed by atoms with van der Waals surface area (Å²) in [6.07, 6.45) is 1.81. The van der Waals surface area contributed by atoms with Crippen LogP contribution in [0.5, 0.6) is 0 Å². The number of benzene rings is 1. The number of nitrogens with zero attached hydrogens (tertiary/aromatic N) is 2. The highest BCUT2D eigenvalue weighted by Gasteiger charge is 2.06. The molecule has 2 rings (SSSR count). The molecule has 3 heteroatoms. The predicted molar refractivity (Wildman–Crippen MR) is 71.7 cm³/mol. The molecule has 0 saturated carbocycles. The second kappa shape index (κ2) is 5.11. The minimum Gasteiger partial charge on any atom is -0.259 e. The van der Waals surface area contributed by atoms with Crippen LogP contribution >= 0.6 is 15.9 Å². The van der Waals surface area contributed by atoms with Crippen LogP contribution in [0.1, 0.15) is 23.0 Å². The zero-order chi connectivity index (χ0) is 12.3. The Kier molecular flexibility index (Phi) is 3.55. The van der Waals surface area contributed by atoms with Gasteiger partial charge in [-0.1, -0.05) is 40.2 Å². The van der Waals surface area contributed by atoms with E-state index in [0.29, 0.717) is 5.56 Å². The van der Waals surface area contributed by atoms with E-state index in [2.05, 4.69) is 27.0 Å². The number of halogens is 1.